The van der Waals surface area contributed by atoms with Gasteiger partial charge in [-0.25, -0.2) is 27.7 Å². The van der Waals surface area contributed by atoms with Crippen LogP contribution in [0.5, 0.6) is 0 Å². The topological polar surface area (TPSA) is 64.7 Å². The van der Waals surface area contributed by atoms with Gasteiger partial charge in [-0.1, -0.05) is 18.2 Å². The van der Waals surface area contributed by atoms with E-state index >= 15 is 0 Å². The molecule has 9 heteroatoms. The molecule has 37 heavy (non-hydrogen) atoms. The van der Waals surface area contributed by atoms with Crippen molar-refractivity contribution in [1.29, 1.82) is 0 Å². The summed E-state index contributed by atoms with van der Waals surface area (Å²) in [5.41, 5.74) is 1.61. The fourth-order valence-corrected chi connectivity index (χ4v) is 5.79. The zero-order chi connectivity index (χ0) is 25.9. The van der Waals surface area contributed by atoms with Gasteiger partial charge in [0.15, 0.2) is 11.6 Å². The Balaban J connectivity index is 1.14. The predicted octanol–water partition coefficient (Wildman–Crippen LogP) is 5.18. The smallest absolute Gasteiger partial charge is 0.326 e. The number of hydrogen-bond acceptors (Lipinski definition) is 3. The van der Waals surface area contributed by atoms with E-state index in [9.17, 15) is 22.8 Å². The lowest BCUT2D eigenvalue weighted by atomic mass is 9.86. The van der Waals surface area contributed by atoms with Crippen molar-refractivity contribution >= 4 is 12.1 Å². The molecule has 0 spiro atoms. The van der Waals surface area contributed by atoms with E-state index in [0.29, 0.717) is 30.5 Å². The molecule has 198 valence electrons. The van der Waals surface area contributed by atoms with E-state index in [0.717, 1.165) is 68.8 Å². The average Bonchev–Trinajstić information content (AvgIpc) is 3.74. The molecule has 0 aromatic heterocycles. The normalized spacial score (nSPS) is 23.1. The van der Waals surface area contributed by atoms with Gasteiger partial charge >= 0.3 is 12.1 Å². The van der Waals surface area contributed by atoms with Gasteiger partial charge < -0.3 is 15.5 Å². The highest BCUT2D eigenvalue weighted by molar-refractivity contribution is 5.94. The van der Waals surface area contributed by atoms with Crippen molar-refractivity contribution in [2.75, 3.05) is 32.7 Å². The summed E-state index contributed by atoms with van der Waals surface area (Å²) in [5.74, 6) is -1.43. The fraction of sp³-hybridized carbons (Fsp3) is 0.500. The maximum Gasteiger partial charge on any atom is 0.326 e. The van der Waals surface area contributed by atoms with Crippen LogP contribution in [0, 0.1) is 29.3 Å². The molecule has 5 rings (SSSR count). The van der Waals surface area contributed by atoms with Gasteiger partial charge in [-0.15, -0.1) is 0 Å². The monoisotopic (exact) mass is 514 g/mol. The maximum absolute atomic E-state index is 14.1. The number of piperidine rings is 1. The molecule has 0 bridgehead atoms. The summed E-state index contributed by atoms with van der Waals surface area (Å²) in [6, 6.07) is 8.69. The molecular formula is C28H33F3N4O2. The summed E-state index contributed by atoms with van der Waals surface area (Å²) < 4.78 is 40.8. The second kappa shape index (κ2) is 11.1. The molecule has 2 atom stereocenters. The highest BCUT2D eigenvalue weighted by Gasteiger charge is 2.46. The summed E-state index contributed by atoms with van der Waals surface area (Å²) in [4.78, 5) is 29.4. The van der Waals surface area contributed by atoms with Crippen molar-refractivity contribution in [3.63, 3.8) is 0 Å². The zero-order valence-corrected chi connectivity index (χ0v) is 20.8. The molecule has 4 amide bonds. The van der Waals surface area contributed by atoms with Gasteiger partial charge in [-0.2, -0.15) is 0 Å². The van der Waals surface area contributed by atoms with Crippen molar-refractivity contribution in [3.05, 3.63) is 71.0 Å². The van der Waals surface area contributed by atoms with Crippen LogP contribution in [0.4, 0.5) is 22.8 Å². The summed E-state index contributed by atoms with van der Waals surface area (Å²) >= 11 is 0. The SMILES string of the molecule is O=C(NCCCN1CCC(c2ccc(F)cc2)CC1)N1C(=O)NC[C@H](C2CC2)[C@@H]1c1ccc(F)c(F)c1. The molecule has 0 radical (unpaired) electrons. The minimum Gasteiger partial charge on any atom is -0.338 e. The largest absolute Gasteiger partial charge is 0.338 e. The molecule has 2 aromatic rings. The Morgan fingerprint density at radius 1 is 0.946 bits per heavy atom. The third-order valence-corrected chi connectivity index (χ3v) is 7.98. The van der Waals surface area contributed by atoms with E-state index in [1.165, 1.54) is 23.8 Å². The number of carbonyl (C=O) groups is 2. The van der Waals surface area contributed by atoms with E-state index in [1.54, 1.807) is 0 Å². The van der Waals surface area contributed by atoms with Crippen LogP contribution in [0.3, 0.4) is 0 Å². The number of halogens is 3. The van der Waals surface area contributed by atoms with Gasteiger partial charge in [0, 0.05) is 19.0 Å². The molecule has 3 fully saturated rings. The lowest BCUT2D eigenvalue weighted by Crippen LogP contribution is -2.58. The van der Waals surface area contributed by atoms with Crippen LogP contribution in [0.25, 0.3) is 0 Å². The van der Waals surface area contributed by atoms with Crippen LogP contribution >= 0.6 is 0 Å². The van der Waals surface area contributed by atoms with E-state index in [-0.39, 0.29) is 11.7 Å². The molecule has 6 nitrogen and oxygen atoms in total. The van der Waals surface area contributed by atoms with Gasteiger partial charge in [0.1, 0.15) is 5.82 Å². The number of benzene rings is 2. The Morgan fingerprint density at radius 2 is 1.65 bits per heavy atom. The van der Waals surface area contributed by atoms with Crippen molar-refractivity contribution < 1.29 is 22.8 Å². The predicted molar refractivity (Wildman–Crippen MR) is 133 cm³/mol. The summed E-state index contributed by atoms with van der Waals surface area (Å²) in [7, 11) is 0. The summed E-state index contributed by atoms with van der Waals surface area (Å²) in [6.45, 7) is 3.50. The summed E-state index contributed by atoms with van der Waals surface area (Å²) in [6.07, 6.45) is 4.72. The van der Waals surface area contributed by atoms with Crippen molar-refractivity contribution in [2.24, 2.45) is 11.8 Å². The minimum atomic E-state index is -0.985. The molecule has 2 N–H and O–H groups in total. The van der Waals surface area contributed by atoms with Gasteiger partial charge in [0.05, 0.1) is 6.04 Å². The first-order chi connectivity index (χ1) is 17.9. The lowest BCUT2D eigenvalue weighted by molar-refractivity contribution is 0.122. The van der Waals surface area contributed by atoms with E-state index < -0.39 is 29.7 Å². The van der Waals surface area contributed by atoms with Crippen LogP contribution in [0.2, 0.25) is 0 Å². The van der Waals surface area contributed by atoms with Crippen molar-refractivity contribution in [1.82, 2.24) is 20.4 Å². The number of imide groups is 1. The second-order valence-electron chi connectivity index (χ2n) is 10.4. The number of likely N-dealkylation sites (tertiary alicyclic amines) is 1. The van der Waals surface area contributed by atoms with Crippen LogP contribution in [-0.2, 0) is 0 Å². The van der Waals surface area contributed by atoms with Crippen molar-refractivity contribution in [2.45, 2.75) is 44.1 Å². The number of nitrogens with one attached hydrogen (secondary N) is 2. The second-order valence-corrected chi connectivity index (χ2v) is 10.4. The Morgan fingerprint density at radius 3 is 2.32 bits per heavy atom. The van der Waals surface area contributed by atoms with Crippen LogP contribution in [0.15, 0.2) is 42.5 Å². The third-order valence-electron chi connectivity index (χ3n) is 7.98. The van der Waals surface area contributed by atoms with E-state index in [2.05, 4.69) is 15.5 Å². The number of rotatable bonds is 7. The molecule has 2 heterocycles. The molecule has 2 saturated heterocycles. The van der Waals surface area contributed by atoms with Crippen LogP contribution in [-0.4, -0.2) is 54.6 Å². The maximum atomic E-state index is 14.1. The highest BCUT2D eigenvalue weighted by Crippen LogP contribution is 2.46. The summed E-state index contributed by atoms with van der Waals surface area (Å²) in [5, 5.41) is 5.67. The molecule has 1 saturated carbocycles. The molecule has 2 aliphatic heterocycles. The van der Waals surface area contributed by atoms with Gasteiger partial charge in [-0.3, -0.25) is 0 Å². The van der Waals surface area contributed by atoms with Gasteiger partial charge in [0.2, 0.25) is 0 Å². The molecule has 0 unspecified atom stereocenters. The number of hydrogen-bond donors (Lipinski definition) is 2. The molecule has 1 aliphatic carbocycles. The average molecular weight is 515 g/mol. The quantitative estimate of drug-likeness (QED) is 0.501. The number of amides is 4. The standard InChI is InChI=1S/C28H33F3N4O2/c29-22-7-4-18(5-8-22)19-10-14-34(15-11-19)13-1-12-32-27(36)35-26(21-6-9-24(30)25(31)16-21)23(20-2-3-20)17-33-28(35)37/h4-9,16,19-20,23,26H,1-3,10-15,17H2,(H,32,36)(H,33,37)/t23-,26+/m1/s1. The van der Waals surface area contributed by atoms with E-state index in [4.69, 9.17) is 0 Å². The minimum absolute atomic E-state index is 0.0456. The zero-order valence-electron chi connectivity index (χ0n) is 20.8. The first kappa shape index (κ1) is 25.6. The number of urea groups is 2. The lowest BCUT2D eigenvalue weighted by Gasteiger charge is -2.40. The molecule has 2 aromatic carbocycles. The molecular weight excluding hydrogens is 481 g/mol. The van der Waals surface area contributed by atoms with Gasteiger partial charge in [-0.05, 0) is 99.0 Å². The van der Waals surface area contributed by atoms with Crippen molar-refractivity contribution in [3.8, 4) is 0 Å². The number of carbonyl (C=O) groups excluding carboxylic acids is 2. The molecule has 3 aliphatic rings. The Hall–Kier alpha value is -3.07. The van der Waals surface area contributed by atoms with Crippen LogP contribution in [0.1, 0.15) is 55.2 Å². The first-order valence-corrected chi connectivity index (χ1v) is 13.2. The Kier molecular flexibility index (Phi) is 7.69. The van der Waals surface area contributed by atoms with Crippen LogP contribution < -0.4 is 10.6 Å². The third kappa shape index (κ3) is 5.92. The fourth-order valence-electron chi connectivity index (χ4n) is 5.79. The Labute approximate surface area is 215 Å². The van der Waals surface area contributed by atoms with Gasteiger partial charge in [0.25, 0.3) is 0 Å². The highest BCUT2D eigenvalue weighted by atomic mass is 19.2. The Bertz CT molecular complexity index is 1120. The number of nitrogens with zero attached hydrogens (tertiary/aromatic N) is 2. The van der Waals surface area contributed by atoms with E-state index in [1.807, 2.05) is 12.1 Å². The first-order valence-electron chi connectivity index (χ1n) is 13.2.